The Kier molecular flexibility index (Phi) is 5.54. The van der Waals surface area contributed by atoms with Crippen molar-refractivity contribution in [3.8, 4) is 0 Å². The number of hydrogen-bond acceptors (Lipinski definition) is 5. The van der Waals surface area contributed by atoms with Crippen LogP contribution in [0.15, 0.2) is 17.1 Å². The number of amides is 1. The second-order valence-electron chi connectivity index (χ2n) is 7.60. The smallest absolute Gasteiger partial charge is 0.385 e. The van der Waals surface area contributed by atoms with Crippen LogP contribution in [-0.4, -0.2) is 54.5 Å². The van der Waals surface area contributed by atoms with Gasteiger partial charge in [0.1, 0.15) is 18.3 Å². The molecular formula is C18H18ClF4N5O3. The molecule has 4 heterocycles. The van der Waals surface area contributed by atoms with Gasteiger partial charge in [-0.1, -0.05) is 11.6 Å². The summed E-state index contributed by atoms with van der Waals surface area (Å²) >= 11 is 5.91. The summed E-state index contributed by atoms with van der Waals surface area (Å²) in [5.41, 5.74) is -1.79. The van der Waals surface area contributed by atoms with E-state index in [9.17, 15) is 32.3 Å². The third-order valence-electron chi connectivity index (χ3n) is 5.49. The maximum Gasteiger partial charge on any atom is 0.417 e. The van der Waals surface area contributed by atoms with E-state index in [4.69, 9.17) is 11.6 Å². The molecule has 0 spiro atoms. The first-order valence-electron chi connectivity index (χ1n) is 9.58. The minimum atomic E-state index is -4.62. The van der Waals surface area contributed by atoms with Crippen LogP contribution in [0.1, 0.15) is 48.5 Å². The number of alkyl halides is 4. The summed E-state index contributed by atoms with van der Waals surface area (Å²) in [6.07, 6.45) is -5.66. The number of aliphatic hydroxyl groups excluding tert-OH is 1. The van der Waals surface area contributed by atoms with Crippen molar-refractivity contribution >= 4 is 17.5 Å². The van der Waals surface area contributed by atoms with Crippen molar-refractivity contribution in [3.63, 3.8) is 0 Å². The largest absolute Gasteiger partial charge is 0.417 e. The number of fused-ring (bicyclic) bond motifs is 1. The Labute approximate surface area is 178 Å². The topological polar surface area (TPSA) is 93.2 Å². The maximum atomic E-state index is 13.5. The second-order valence-corrected chi connectivity index (χ2v) is 8.01. The molecule has 168 valence electrons. The van der Waals surface area contributed by atoms with Gasteiger partial charge < -0.3 is 10.0 Å². The zero-order chi connectivity index (χ0) is 22.5. The monoisotopic (exact) mass is 463 g/mol. The van der Waals surface area contributed by atoms with Crippen LogP contribution in [-0.2, 0) is 17.5 Å². The van der Waals surface area contributed by atoms with Gasteiger partial charge in [0, 0.05) is 12.7 Å². The van der Waals surface area contributed by atoms with Crippen LogP contribution in [0.25, 0.3) is 0 Å². The molecule has 0 aromatic carbocycles. The van der Waals surface area contributed by atoms with E-state index in [2.05, 4.69) is 10.1 Å². The molecule has 2 aliphatic rings. The molecule has 1 unspecified atom stereocenters. The zero-order valence-corrected chi connectivity index (χ0v) is 16.8. The van der Waals surface area contributed by atoms with Crippen molar-refractivity contribution in [1.82, 2.24) is 24.2 Å². The molecule has 0 radical (unpaired) electrons. The number of aromatic nitrogens is 4. The average molecular weight is 464 g/mol. The quantitative estimate of drug-likeness (QED) is 0.704. The van der Waals surface area contributed by atoms with E-state index in [-0.39, 0.29) is 55.4 Å². The molecule has 2 aromatic rings. The Morgan fingerprint density at radius 3 is 2.65 bits per heavy atom. The minimum Gasteiger partial charge on any atom is -0.385 e. The fourth-order valence-electron chi connectivity index (χ4n) is 3.88. The first kappa shape index (κ1) is 21.8. The van der Waals surface area contributed by atoms with Crippen molar-refractivity contribution < 1.29 is 27.5 Å². The molecule has 1 N–H and O–H groups in total. The van der Waals surface area contributed by atoms with E-state index in [0.717, 1.165) is 9.25 Å². The molecule has 3 atom stereocenters. The van der Waals surface area contributed by atoms with E-state index in [1.807, 2.05) is 0 Å². The molecule has 13 heteroatoms. The Hall–Kier alpha value is -2.47. The predicted molar refractivity (Wildman–Crippen MR) is 99.2 cm³/mol. The molecule has 2 aromatic heterocycles. The number of rotatable bonds is 3. The number of pyridine rings is 1. The number of hydrogen-bond donors (Lipinski definition) is 1. The summed E-state index contributed by atoms with van der Waals surface area (Å²) in [6, 6.07) is -0.242. The average Bonchev–Trinajstić information content (AvgIpc) is 3.27. The van der Waals surface area contributed by atoms with E-state index < -0.39 is 41.7 Å². The number of carbonyl (C=O) groups is 1. The molecule has 1 saturated heterocycles. The third-order valence-corrected chi connectivity index (χ3v) is 5.82. The fourth-order valence-corrected chi connectivity index (χ4v) is 4.10. The summed E-state index contributed by atoms with van der Waals surface area (Å²) in [5, 5.41) is 14.0. The van der Waals surface area contributed by atoms with Gasteiger partial charge in [-0.3, -0.25) is 14.3 Å². The molecule has 2 aliphatic heterocycles. The standard InChI is InChI=1S/C18H18ClF4N5O3/c19-11-5-9(18(21,22)23)6-24-12(11)8-27-17(31)28-13(1-2-14(29)15(28)25-27)16(30)26-4-3-10(20)7-26/h5-6,10,13-14,29H,1-4,7-8H2/t10-,13-,14?/m0/s1. The number of nitrogens with zero attached hydrogens (tertiary/aromatic N) is 5. The van der Waals surface area contributed by atoms with Gasteiger partial charge >= 0.3 is 11.9 Å². The minimum absolute atomic E-state index is 0.0237. The van der Waals surface area contributed by atoms with Gasteiger partial charge in [-0.2, -0.15) is 18.3 Å². The fraction of sp³-hybridized carbons (Fsp3) is 0.556. The molecule has 1 fully saturated rings. The van der Waals surface area contributed by atoms with Gasteiger partial charge in [0.2, 0.25) is 5.91 Å². The van der Waals surface area contributed by atoms with Crippen molar-refractivity contribution in [1.29, 1.82) is 0 Å². The Morgan fingerprint density at radius 2 is 2.03 bits per heavy atom. The summed E-state index contributed by atoms with van der Waals surface area (Å²) < 4.78 is 53.9. The number of carbonyl (C=O) groups excluding carboxylic acids is 1. The van der Waals surface area contributed by atoms with E-state index in [0.29, 0.717) is 12.3 Å². The molecule has 0 aliphatic carbocycles. The van der Waals surface area contributed by atoms with Crippen molar-refractivity contribution in [2.45, 2.75) is 50.3 Å². The van der Waals surface area contributed by atoms with Gasteiger partial charge in [0.25, 0.3) is 0 Å². The molecular weight excluding hydrogens is 446 g/mol. The van der Waals surface area contributed by atoms with E-state index in [1.165, 1.54) is 4.90 Å². The zero-order valence-electron chi connectivity index (χ0n) is 16.0. The Balaban J connectivity index is 1.65. The number of halogens is 5. The highest BCUT2D eigenvalue weighted by atomic mass is 35.5. The Bertz CT molecular complexity index is 1070. The lowest BCUT2D eigenvalue weighted by molar-refractivity contribution is -0.138. The van der Waals surface area contributed by atoms with Crippen LogP contribution >= 0.6 is 11.6 Å². The first-order valence-corrected chi connectivity index (χ1v) is 9.96. The lowest BCUT2D eigenvalue weighted by Gasteiger charge is -2.28. The molecule has 0 saturated carbocycles. The van der Waals surface area contributed by atoms with Crippen LogP contribution in [0.4, 0.5) is 17.6 Å². The normalized spacial score (nSPS) is 23.8. The Morgan fingerprint density at radius 1 is 1.29 bits per heavy atom. The van der Waals surface area contributed by atoms with Crippen LogP contribution < -0.4 is 5.69 Å². The highest BCUT2D eigenvalue weighted by molar-refractivity contribution is 6.31. The molecule has 8 nitrogen and oxygen atoms in total. The van der Waals surface area contributed by atoms with E-state index >= 15 is 0 Å². The van der Waals surface area contributed by atoms with Crippen molar-refractivity contribution in [2.75, 3.05) is 13.1 Å². The third kappa shape index (κ3) is 4.05. The lowest BCUT2D eigenvalue weighted by Crippen LogP contribution is -2.42. The lowest BCUT2D eigenvalue weighted by atomic mass is 10.0. The first-order chi connectivity index (χ1) is 14.6. The van der Waals surface area contributed by atoms with Crippen molar-refractivity contribution in [3.05, 3.63) is 44.9 Å². The second kappa shape index (κ2) is 7.90. The van der Waals surface area contributed by atoms with Gasteiger partial charge in [-0.15, -0.1) is 0 Å². The van der Waals surface area contributed by atoms with Crippen LogP contribution in [0.5, 0.6) is 0 Å². The molecule has 31 heavy (non-hydrogen) atoms. The summed E-state index contributed by atoms with van der Waals surface area (Å²) in [4.78, 5) is 30.8. The summed E-state index contributed by atoms with van der Waals surface area (Å²) in [5.74, 6) is -0.464. The molecule has 0 bridgehead atoms. The molecule has 1 amide bonds. The number of aliphatic hydroxyl groups is 1. The highest BCUT2D eigenvalue weighted by Crippen LogP contribution is 2.33. The SMILES string of the molecule is O=C([C@@H]1CCC(O)c2nn(Cc3ncc(C(F)(F)F)cc3Cl)c(=O)n21)N1CC[C@H](F)C1. The van der Waals surface area contributed by atoms with Gasteiger partial charge in [0.15, 0.2) is 5.82 Å². The van der Waals surface area contributed by atoms with Crippen LogP contribution in [0.2, 0.25) is 5.02 Å². The maximum absolute atomic E-state index is 13.5. The van der Waals surface area contributed by atoms with Crippen LogP contribution in [0, 0.1) is 0 Å². The summed E-state index contributed by atoms with van der Waals surface area (Å²) in [6.45, 7) is -0.163. The van der Waals surface area contributed by atoms with Gasteiger partial charge in [-0.05, 0) is 25.3 Å². The van der Waals surface area contributed by atoms with Gasteiger partial charge in [0.05, 0.1) is 29.4 Å². The van der Waals surface area contributed by atoms with Crippen LogP contribution in [0.3, 0.4) is 0 Å². The number of likely N-dealkylation sites (tertiary alicyclic amines) is 1. The predicted octanol–water partition coefficient (Wildman–Crippen LogP) is 2.10. The molecule has 4 rings (SSSR count). The highest BCUT2D eigenvalue weighted by Gasteiger charge is 2.39. The van der Waals surface area contributed by atoms with Crippen molar-refractivity contribution in [2.24, 2.45) is 0 Å². The van der Waals surface area contributed by atoms with Gasteiger partial charge in [-0.25, -0.2) is 13.9 Å². The van der Waals surface area contributed by atoms with E-state index in [1.54, 1.807) is 0 Å². The summed E-state index contributed by atoms with van der Waals surface area (Å²) in [7, 11) is 0.